The molecular weight excluding hydrogens is 651 g/mol. The van der Waals surface area contributed by atoms with Crippen LogP contribution in [0.15, 0.2) is 43.5 Å². The van der Waals surface area contributed by atoms with Gasteiger partial charge in [-0.25, -0.2) is 9.97 Å². The summed E-state index contributed by atoms with van der Waals surface area (Å²) in [6, 6.07) is 6.19. The van der Waals surface area contributed by atoms with Crippen LogP contribution < -0.4 is 9.64 Å². The molecule has 1 atom stereocenters. The Labute approximate surface area is 298 Å². The Balaban J connectivity index is 1.41. The minimum absolute atomic E-state index is 0.0392. The molecule has 7 nitrogen and oxygen atoms in total. The lowest BCUT2D eigenvalue weighted by molar-refractivity contribution is -0.153. The molecule has 0 saturated carbocycles. The van der Waals surface area contributed by atoms with Crippen LogP contribution in [-0.2, 0) is 4.79 Å². The maximum Gasteiger partial charge on any atom is 0.422 e. The largest absolute Gasteiger partial charge is 0.481 e. The van der Waals surface area contributed by atoms with E-state index in [1.165, 1.54) is 6.08 Å². The van der Waals surface area contributed by atoms with Crippen LogP contribution in [0.1, 0.15) is 85.9 Å². The van der Waals surface area contributed by atoms with Gasteiger partial charge in [0.15, 0.2) is 12.4 Å². The third kappa shape index (κ3) is 6.67. The number of aromatic nitrogens is 2. The first-order valence-electron chi connectivity index (χ1n) is 18.3. The number of ether oxygens (including phenoxy) is 1. The summed E-state index contributed by atoms with van der Waals surface area (Å²) in [6.45, 7) is 18.3. The average molecular weight is 700 g/mol. The van der Waals surface area contributed by atoms with Crippen LogP contribution in [0.3, 0.4) is 0 Å². The molecule has 1 spiro atoms. The molecule has 270 valence electrons. The Bertz CT molecular complexity index is 1880. The minimum atomic E-state index is -4.55. The van der Waals surface area contributed by atoms with Gasteiger partial charge < -0.3 is 19.4 Å². The molecular formula is C41H48F3N5O2. The first-order chi connectivity index (χ1) is 24.4. The van der Waals surface area contributed by atoms with Crippen LogP contribution in [0, 0.1) is 12.3 Å². The zero-order chi connectivity index (χ0) is 36.1. The Morgan fingerprint density at radius 2 is 1.80 bits per heavy atom. The van der Waals surface area contributed by atoms with Gasteiger partial charge in [-0.3, -0.25) is 4.79 Å². The molecule has 0 bridgehead atoms. The number of halogens is 3. The zero-order valence-corrected chi connectivity index (χ0v) is 30.0. The second-order valence-corrected chi connectivity index (χ2v) is 15.0. The highest BCUT2D eigenvalue weighted by Gasteiger charge is 2.46. The van der Waals surface area contributed by atoms with Crippen molar-refractivity contribution in [1.82, 2.24) is 19.8 Å². The Morgan fingerprint density at radius 1 is 1.08 bits per heavy atom. The van der Waals surface area contributed by atoms with E-state index in [1.807, 2.05) is 17.9 Å². The summed E-state index contributed by atoms with van der Waals surface area (Å²) in [5.41, 5.74) is 5.70. The number of rotatable bonds is 8. The van der Waals surface area contributed by atoms with Crippen LogP contribution in [0.5, 0.6) is 5.75 Å². The topological polar surface area (TPSA) is 61.8 Å². The minimum Gasteiger partial charge on any atom is -0.481 e. The van der Waals surface area contributed by atoms with E-state index in [-0.39, 0.29) is 28.9 Å². The number of nitrogens with zero attached hydrogens (tertiary/aromatic N) is 5. The van der Waals surface area contributed by atoms with Gasteiger partial charge in [-0.15, -0.1) is 0 Å². The van der Waals surface area contributed by atoms with E-state index in [2.05, 4.69) is 61.1 Å². The number of likely N-dealkylation sites (tertiary alicyclic amines) is 2. The van der Waals surface area contributed by atoms with E-state index in [0.717, 1.165) is 79.8 Å². The summed E-state index contributed by atoms with van der Waals surface area (Å²) in [6.07, 6.45) is 7.18. The molecule has 3 aliphatic heterocycles. The maximum absolute atomic E-state index is 14.1. The SMILES string of the molecule is C=CC(=O)N1CC2(CCN(c3nc(C4CCN(CC)CC4)nc4c(OCC(F)(F)F)c(-c5c(C)ccc6c5C=CCC6C)c(C=C)cc34)CC2)C1. The molecule has 4 heterocycles. The highest BCUT2D eigenvalue weighted by molar-refractivity contribution is 6.03. The number of carbonyl (C=O) groups excluding carboxylic acids is 1. The molecule has 2 aromatic carbocycles. The van der Waals surface area contributed by atoms with Gasteiger partial charge in [0.2, 0.25) is 5.91 Å². The van der Waals surface area contributed by atoms with Gasteiger partial charge in [-0.2, -0.15) is 13.2 Å². The fraction of sp³-hybridized carbons (Fsp3) is 0.488. The normalized spacial score (nSPS) is 20.7. The van der Waals surface area contributed by atoms with E-state index in [0.29, 0.717) is 54.0 Å². The number of amides is 1. The lowest BCUT2D eigenvalue weighted by Crippen LogP contribution is -2.61. The summed E-state index contributed by atoms with van der Waals surface area (Å²) >= 11 is 0. The molecule has 4 aliphatic rings. The third-order valence-electron chi connectivity index (χ3n) is 11.7. The zero-order valence-electron chi connectivity index (χ0n) is 30.0. The summed E-state index contributed by atoms with van der Waals surface area (Å²) in [5, 5.41) is 0.667. The first kappa shape index (κ1) is 35.2. The van der Waals surface area contributed by atoms with Crippen molar-refractivity contribution in [3.8, 4) is 16.9 Å². The fourth-order valence-electron chi connectivity index (χ4n) is 8.66. The smallest absolute Gasteiger partial charge is 0.422 e. The van der Waals surface area contributed by atoms with Crippen molar-refractivity contribution in [3.05, 3.63) is 71.6 Å². The highest BCUT2D eigenvalue weighted by atomic mass is 19.4. The van der Waals surface area contributed by atoms with Crippen LogP contribution in [0.25, 0.3) is 34.2 Å². The van der Waals surface area contributed by atoms with E-state index in [1.54, 1.807) is 6.08 Å². The number of aryl methyl sites for hydroxylation is 1. The molecule has 51 heavy (non-hydrogen) atoms. The summed E-state index contributed by atoms with van der Waals surface area (Å²) < 4.78 is 48.1. The fourth-order valence-corrected chi connectivity index (χ4v) is 8.66. The molecule has 3 fully saturated rings. The van der Waals surface area contributed by atoms with Crippen LogP contribution in [-0.4, -0.2) is 84.3 Å². The number of alkyl halides is 3. The lowest BCUT2D eigenvalue weighted by Gasteiger charge is -2.54. The van der Waals surface area contributed by atoms with Crippen molar-refractivity contribution in [3.63, 3.8) is 0 Å². The monoisotopic (exact) mass is 699 g/mol. The Kier molecular flexibility index (Phi) is 9.50. The van der Waals surface area contributed by atoms with Gasteiger partial charge in [0.05, 0.1) is 0 Å². The van der Waals surface area contributed by atoms with E-state index in [9.17, 15) is 18.0 Å². The van der Waals surface area contributed by atoms with Crippen molar-refractivity contribution < 1.29 is 22.7 Å². The Hall–Kier alpha value is -4.18. The van der Waals surface area contributed by atoms with Gasteiger partial charge >= 0.3 is 6.18 Å². The predicted octanol–water partition coefficient (Wildman–Crippen LogP) is 8.52. The van der Waals surface area contributed by atoms with E-state index in [4.69, 9.17) is 14.7 Å². The second-order valence-electron chi connectivity index (χ2n) is 15.0. The van der Waals surface area contributed by atoms with Crippen LogP contribution in [0.4, 0.5) is 19.0 Å². The second kappa shape index (κ2) is 13.7. The molecule has 3 aromatic rings. The van der Waals surface area contributed by atoms with Crippen molar-refractivity contribution in [2.75, 3.05) is 57.3 Å². The molecule has 1 aromatic heterocycles. The number of allylic oxidation sites excluding steroid dienone is 1. The number of hydrogen-bond acceptors (Lipinski definition) is 6. The molecule has 3 saturated heterocycles. The first-order valence-corrected chi connectivity index (χ1v) is 18.3. The van der Waals surface area contributed by atoms with Gasteiger partial charge in [0.25, 0.3) is 0 Å². The predicted molar refractivity (Wildman–Crippen MR) is 198 cm³/mol. The molecule has 0 radical (unpaired) electrons. The number of benzene rings is 2. The summed E-state index contributed by atoms with van der Waals surface area (Å²) in [4.78, 5) is 29.2. The van der Waals surface area contributed by atoms with Crippen LogP contribution in [0.2, 0.25) is 0 Å². The number of fused-ring (bicyclic) bond motifs is 2. The molecule has 0 N–H and O–H groups in total. The van der Waals surface area contributed by atoms with Crippen molar-refractivity contribution >= 4 is 34.8 Å². The number of carbonyl (C=O) groups is 1. The van der Waals surface area contributed by atoms with Crippen molar-refractivity contribution in [1.29, 1.82) is 0 Å². The van der Waals surface area contributed by atoms with Crippen molar-refractivity contribution in [2.24, 2.45) is 5.41 Å². The summed E-state index contributed by atoms with van der Waals surface area (Å²) in [5.74, 6) is 1.83. The lowest BCUT2D eigenvalue weighted by atomic mass is 9.72. The van der Waals surface area contributed by atoms with Gasteiger partial charge in [-0.1, -0.05) is 57.4 Å². The number of hydrogen-bond donors (Lipinski definition) is 0. The van der Waals surface area contributed by atoms with Crippen molar-refractivity contribution in [2.45, 2.75) is 70.9 Å². The molecule has 1 aliphatic carbocycles. The number of anilines is 1. The molecule has 7 rings (SSSR count). The van der Waals surface area contributed by atoms with E-state index < -0.39 is 12.8 Å². The standard InChI is InChI=1S/C41H48F3N5O2/c1-6-28-22-32-36(37(51-25-41(42,43)44)35(28)34-27(5)12-13-30-26(4)10-9-11-31(30)34)45-38(29-14-18-47(8-3)19-15-29)46-39(32)48-20-16-40(17-21-48)23-49(24-40)33(50)7-2/h6-7,9,11-13,22,26,29H,1-2,8,10,14-21,23-25H2,3-5H3. The highest BCUT2D eigenvalue weighted by Crippen LogP contribution is 2.49. The molecule has 1 amide bonds. The van der Waals surface area contributed by atoms with Gasteiger partial charge in [-0.05, 0) is 105 Å². The quantitative estimate of drug-likeness (QED) is 0.220. The average Bonchev–Trinajstić information content (AvgIpc) is 3.11. The summed E-state index contributed by atoms with van der Waals surface area (Å²) in [7, 11) is 0. The maximum atomic E-state index is 14.1. The van der Waals surface area contributed by atoms with Gasteiger partial charge in [0.1, 0.15) is 17.2 Å². The number of piperidine rings is 2. The van der Waals surface area contributed by atoms with Gasteiger partial charge in [0, 0.05) is 48.5 Å². The third-order valence-corrected chi connectivity index (χ3v) is 11.7. The Morgan fingerprint density at radius 3 is 2.45 bits per heavy atom. The molecule has 1 unspecified atom stereocenters. The van der Waals surface area contributed by atoms with Crippen LogP contribution >= 0.6 is 0 Å². The van der Waals surface area contributed by atoms with E-state index >= 15 is 0 Å². The molecule has 10 heteroatoms.